The van der Waals surface area contributed by atoms with Gasteiger partial charge in [0.05, 0.1) is 0 Å². The first kappa shape index (κ1) is 22.6. The average Bonchev–Trinajstić information content (AvgIpc) is 2.62. The van der Waals surface area contributed by atoms with Crippen molar-refractivity contribution in [1.29, 1.82) is 0 Å². The summed E-state index contributed by atoms with van der Waals surface area (Å²) in [5.41, 5.74) is 3.43. The zero-order valence-electron chi connectivity index (χ0n) is 17.1. The fourth-order valence-electron chi connectivity index (χ4n) is 2.61. The summed E-state index contributed by atoms with van der Waals surface area (Å²) in [7, 11) is 0. The van der Waals surface area contributed by atoms with E-state index in [4.69, 9.17) is 0 Å². The van der Waals surface area contributed by atoms with Gasteiger partial charge in [0.2, 0.25) is 5.91 Å². The Morgan fingerprint density at radius 3 is 2.37 bits per heavy atom. The molecule has 0 saturated heterocycles. The number of nitrogens with one attached hydrogen (secondary N) is 2. The Hall–Kier alpha value is -2.43. The summed E-state index contributed by atoms with van der Waals surface area (Å²) in [6.07, 6.45) is 2.16. The second-order valence-electron chi connectivity index (χ2n) is 7.22. The molecule has 0 aliphatic rings. The number of carbonyl (C=O) groups excluding carboxylic acids is 3. The van der Waals surface area contributed by atoms with Gasteiger partial charge in [0.15, 0.2) is 5.78 Å². The number of anilines is 1. The minimum atomic E-state index is -0.610. The van der Waals surface area contributed by atoms with Crippen molar-refractivity contribution < 1.29 is 14.4 Å². The Morgan fingerprint density at radius 1 is 1.19 bits per heavy atom. The van der Waals surface area contributed by atoms with Gasteiger partial charge in [-0.3, -0.25) is 14.4 Å². The van der Waals surface area contributed by atoms with E-state index in [1.54, 1.807) is 6.92 Å². The van der Waals surface area contributed by atoms with Crippen LogP contribution in [0.2, 0.25) is 0 Å². The van der Waals surface area contributed by atoms with E-state index in [2.05, 4.69) is 23.3 Å². The van der Waals surface area contributed by atoms with E-state index in [0.29, 0.717) is 24.3 Å². The minimum Gasteiger partial charge on any atom is -0.382 e. The molecule has 5 heteroatoms. The molecule has 0 aliphatic carbocycles. The number of amides is 1. The lowest BCUT2D eigenvalue weighted by Crippen LogP contribution is -2.44. The summed E-state index contributed by atoms with van der Waals surface area (Å²) in [5.74, 6) is -0.0233. The molecule has 5 nitrogen and oxygen atoms in total. The molecule has 1 aromatic rings. The van der Waals surface area contributed by atoms with Crippen molar-refractivity contribution in [3.8, 4) is 0 Å². The molecule has 0 aliphatic heterocycles. The minimum absolute atomic E-state index is 0.116. The number of carbonyl (C=O) groups is 3. The summed E-state index contributed by atoms with van der Waals surface area (Å²) in [5, 5.41) is 5.90. The smallest absolute Gasteiger partial charge is 0.246 e. The highest BCUT2D eigenvalue weighted by atomic mass is 16.2. The molecule has 1 rings (SSSR count). The van der Waals surface area contributed by atoms with Crippen LogP contribution in [0.15, 0.2) is 30.4 Å². The van der Waals surface area contributed by atoms with E-state index >= 15 is 0 Å². The number of rotatable bonds is 11. The van der Waals surface area contributed by atoms with E-state index in [0.717, 1.165) is 29.7 Å². The summed E-state index contributed by atoms with van der Waals surface area (Å²) >= 11 is 0. The van der Waals surface area contributed by atoms with Crippen LogP contribution in [-0.4, -0.2) is 30.1 Å². The molecule has 0 spiro atoms. The Kier molecular flexibility index (Phi) is 8.92. The van der Waals surface area contributed by atoms with E-state index in [9.17, 15) is 14.4 Å². The van der Waals surface area contributed by atoms with Crippen LogP contribution in [0.25, 0.3) is 0 Å². The molecule has 0 fully saturated rings. The number of hydrogen-bond donors (Lipinski definition) is 2. The highest BCUT2D eigenvalue weighted by molar-refractivity contribution is 5.96. The molecule has 0 heterocycles. The van der Waals surface area contributed by atoms with Crippen molar-refractivity contribution in [3.05, 3.63) is 41.5 Å². The summed E-state index contributed by atoms with van der Waals surface area (Å²) in [6.45, 7) is 12.9. The van der Waals surface area contributed by atoms with Crippen LogP contribution in [0.5, 0.6) is 0 Å². The quantitative estimate of drug-likeness (QED) is 0.582. The number of aryl methyl sites for hydroxylation is 2. The Labute approximate surface area is 162 Å². The topological polar surface area (TPSA) is 75.3 Å². The Bertz CT molecular complexity index is 710. The van der Waals surface area contributed by atoms with Crippen molar-refractivity contribution >= 4 is 23.2 Å². The lowest BCUT2D eigenvalue weighted by molar-refractivity contribution is -0.124. The molecule has 1 unspecified atom stereocenters. The van der Waals surface area contributed by atoms with Gasteiger partial charge in [-0.15, -0.1) is 0 Å². The first-order valence-electron chi connectivity index (χ1n) is 9.48. The fourth-order valence-corrected chi connectivity index (χ4v) is 2.61. The van der Waals surface area contributed by atoms with Gasteiger partial charge in [-0.25, -0.2) is 0 Å². The molecule has 27 heavy (non-hydrogen) atoms. The third-order valence-corrected chi connectivity index (χ3v) is 4.79. The lowest BCUT2D eigenvalue weighted by atomic mass is 9.97. The van der Waals surface area contributed by atoms with E-state index in [-0.39, 0.29) is 17.6 Å². The van der Waals surface area contributed by atoms with Gasteiger partial charge < -0.3 is 10.6 Å². The largest absolute Gasteiger partial charge is 0.382 e. The van der Waals surface area contributed by atoms with Crippen molar-refractivity contribution in [2.45, 2.75) is 59.9 Å². The SMILES string of the molecule is C=C(C)C(=O)N[C@@H](CNc1ccc(CCC(=O)C(C)CC)cc1C)C(C)=O. The number of hydrogen-bond acceptors (Lipinski definition) is 4. The molecule has 1 amide bonds. The maximum atomic E-state index is 12.0. The maximum Gasteiger partial charge on any atom is 0.246 e. The molecule has 148 valence electrons. The van der Waals surface area contributed by atoms with E-state index < -0.39 is 6.04 Å². The average molecular weight is 373 g/mol. The maximum absolute atomic E-state index is 12.0. The lowest BCUT2D eigenvalue weighted by Gasteiger charge is -2.18. The fraction of sp³-hybridized carbons (Fsp3) is 0.500. The second-order valence-corrected chi connectivity index (χ2v) is 7.22. The van der Waals surface area contributed by atoms with Gasteiger partial charge >= 0.3 is 0 Å². The molecule has 0 bridgehead atoms. The summed E-state index contributed by atoms with van der Waals surface area (Å²) in [4.78, 5) is 35.5. The molecule has 0 aromatic heterocycles. The van der Waals surface area contributed by atoms with Crippen LogP contribution in [0.1, 0.15) is 51.7 Å². The van der Waals surface area contributed by atoms with Crippen LogP contribution in [0.3, 0.4) is 0 Å². The van der Waals surface area contributed by atoms with Crippen LogP contribution in [0.4, 0.5) is 5.69 Å². The monoisotopic (exact) mass is 372 g/mol. The Morgan fingerprint density at radius 2 is 1.85 bits per heavy atom. The van der Waals surface area contributed by atoms with Crippen LogP contribution in [0, 0.1) is 12.8 Å². The van der Waals surface area contributed by atoms with Crippen molar-refractivity contribution in [2.75, 3.05) is 11.9 Å². The van der Waals surface area contributed by atoms with Gasteiger partial charge in [0, 0.05) is 30.1 Å². The molecule has 0 radical (unpaired) electrons. The van der Waals surface area contributed by atoms with Crippen LogP contribution >= 0.6 is 0 Å². The van der Waals surface area contributed by atoms with E-state index in [1.165, 1.54) is 6.92 Å². The van der Waals surface area contributed by atoms with Gasteiger partial charge in [0.1, 0.15) is 11.8 Å². The first-order valence-corrected chi connectivity index (χ1v) is 9.48. The standard InChI is InChI=1S/C22H32N2O3/c1-7-15(4)21(26)11-9-18-8-10-19(16(5)12-18)23-13-20(17(6)25)24-22(27)14(2)3/h8,10,12,15,20,23H,2,7,9,11,13H2,1,3-6H3,(H,24,27)/t15?,20-/m0/s1. The predicted molar refractivity (Wildman–Crippen MR) is 110 cm³/mol. The zero-order chi connectivity index (χ0) is 20.6. The van der Waals surface area contributed by atoms with Gasteiger partial charge in [-0.2, -0.15) is 0 Å². The number of Topliss-reactive ketones (excluding diaryl/α,β-unsaturated/α-hetero) is 2. The first-order chi connectivity index (χ1) is 12.6. The number of benzene rings is 1. The van der Waals surface area contributed by atoms with Gasteiger partial charge in [-0.05, 0) is 50.8 Å². The van der Waals surface area contributed by atoms with Gasteiger partial charge in [-0.1, -0.05) is 32.6 Å². The number of ketones is 2. The molecule has 2 atom stereocenters. The third-order valence-electron chi connectivity index (χ3n) is 4.79. The molecule has 2 N–H and O–H groups in total. The van der Waals surface area contributed by atoms with Crippen LogP contribution < -0.4 is 10.6 Å². The summed E-state index contributed by atoms with van der Waals surface area (Å²) in [6, 6.07) is 5.40. The highest BCUT2D eigenvalue weighted by Crippen LogP contribution is 2.18. The molecule has 0 saturated carbocycles. The molecular weight excluding hydrogens is 340 g/mol. The van der Waals surface area contributed by atoms with Gasteiger partial charge in [0.25, 0.3) is 0 Å². The normalized spacial score (nSPS) is 12.8. The van der Waals surface area contributed by atoms with Crippen molar-refractivity contribution in [2.24, 2.45) is 5.92 Å². The predicted octanol–water partition coefficient (Wildman–Crippen LogP) is 3.60. The second kappa shape index (κ2) is 10.7. The molecular formula is C22H32N2O3. The van der Waals surface area contributed by atoms with Crippen molar-refractivity contribution in [3.63, 3.8) is 0 Å². The zero-order valence-corrected chi connectivity index (χ0v) is 17.1. The van der Waals surface area contributed by atoms with Crippen LogP contribution in [-0.2, 0) is 20.8 Å². The van der Waals surface area contributed by atoms with E-state index in [1.807, 2.05) is 32.9 Å². The Balaban J connectivity index is 2.68. The van der Waals surface area contributed by atoms with Crippen molar-refractivity contribution in [1.82, 2.24) is 5.32 Å². The third kappa shape index (κ3) is 7.37. The summed E-state index contributed by atoms with van der Waals surface area (Å²) < 4.78 is 0. The highest BCUT2D eigenvalue weighted by Gasteiger charge is 2.17. The molecule has 1 aromatic carbocycles.